The first-order chi connectivity index (χ1) is 41.6. The van der Waals surface area contributed by atoms with Crippen molar-refractivity contribution in [2.45, 2.75) is 12.8 Å². The third kappa shape index (κ3) is 15.9. The van der Waals surface area contributed by atoms with Crippen molar-refractivity contribution in [2.24, 2.45) is 0 Å². The predicted molar refractivity (Wildman–Crippen MR) is 305 cm³/mol. The topological polar surface area (TPSA) is 364 Å². The second kappa shape index (κ2) is 29.3. The zero-order chi connectivity index (χ0) is 66.8. The molecule has 5 heterocycles. The lowest BCUT2D eigenvalue weighted by atomic mass is 10.1. The maximum Gasteiger partial charge on any atom is 0.433 e. The monoisotopic (exact) mass is 1460 g/mol. The summed E-state index contributed by atoms with van der Waals surface area (Å²) in [6.45, 7) is -3.30. The van der Waals surface area contributed by atoms with Crippen molar-refractivity contribution in [1.29, 1.82) is 0 Å². The fourth-order valence-corrected chi connectivity index (χ4v) is 8.34. The highest BCUT2D eigenvalue weighted by Gasteiger charge is 2.33. The maximum atomic E-state index is 14.4. The van der Waals surface area contributed by atoms with Gasteiger partial charge in [0.2, 0.25) is 0 Å². The van der Waals surface area contributed by atoms with Crippen molar-refractivity contribution in [2.75, 3.05) is 51.4 Å². The zero-order valence-corrected chi connectivity index (χ0v) is 49.3. The Morgan fingerprint density at radius 3 is 1.36 bits per heavy atom. The van der Waals surface area contributed by atoms with Crippen molar-refractivity contribution in [1.82, 2.24) is 24.9 Å². The average Bonchev–Trinajstić information content (AvgIpc) is 2.61. The van der Waals surface area contributed by atoms with Crippen LogP contribution < -0.4 is 46.6 Å². The molecule has 0 aliphatic rings. The number of nitrogens with zero attached hydrogens (tertiary/aromatic N) is 5. The van der Waals surface area contributed by atoms with Gasteiger partial charge in [-0.2, -0.15) is 22.0 Å². The molecular weight excluding hydrogens is 1420 g/mol. The van der Waals surface area contributed by atoms with Gasteiger partial charge >= 0.3 is 36.7 Å². The first-order valence-corrected chi connectivity index (χ1v) is 25.6. The number of benzene rings is 3. The summed E-state index contributed by atoms with van der Waals surface area (Å²) in [5, 5.41) is 36.3. The van der Waals surface area contributed by atoms with Crippen molar-refractivity contribution in [3.05, 3.63) is 149 Å². The molecule has 0 radical (unpaired) electrons. The number of pyridine rings is 5. The van der Waals surface area contributed by atoms with Crippen molar-refractivity contribution in [3.8, 4) is 73.8 Å². The van der Waals surface area contributed by atoms with Crippen LogP contribution in [-0.2, 0) is 6.18 Å². The van der Waals surface area contributed by atoms with E-state index in [1.54, 1.807) is 6.07 Å². The van der Waals surface area contributed by atoms with E-state index in [0.29, 0.717) is 14.1 Å². The molecule has 36 heteroatoms. The molecule has 0 unspecified atom stereocenters. The van der Waals surface area contributed by atoms with Crippen LogP contribution in [0.5, 0.6) is 28.7 Å². The number of carboxylic acid groups (broad SMARTS) is 4. The molecule has 0 fully saturated rings. The van der Waals surface area contributed by atoms with Crippen molar-refractivity contribution >= 4 is 96.7 Å². The van der Waals surface area contributed by atoms with E-state index in [4.69, 9.17) is 73.9 Å². The third-order valence-electron chi connectivity index (χ3n) is 11.2. The molecule has 8 aromatic rings. The number of hydrogen-bond acceptors (Lipinski definition) is 18. The second-order valence-electron chi connectivity index (χ2n) is 16.7. The SMILES string of the molecule is COc1c(C(=O)O)nc(-c2ccc(Br)cc2F)c(F)c1N.COc1c(C(=O)O)nc(-c2ccc(C(F)(F)F)nc2)c(F)c1N.COc1c(C(=O)O)nc(-c2ccc(I)cc2F)c(F)c1N.COc1c(Cl)ccc(-c2cc(N)c(OC(F)F)c(C(=O)O)n2)c1F. The fourth-order valence-electron chi connectivity index (χ4n) is 7.33. The maximum absolute atomic E-state index is 14.4. The van der Waals surface area contributed by atoms with Crippen molar-refractivity contribution in [3.63, 3.8) is 0 Å². The molecule has 0 spiro atoms. The van der Waals surface area contributed by atoms with Crippen LogP contribution in [0.3, 0.4) is 0 Å². The highest BCUT2D eigenvalue weighted by molar-refractivity contribution is 14.1. The Morgan fingerprint density at radius 2 is 0.966 bits per heavy atom. The molecule has 3 aromatic carbocycles. The van der Waals surface area contributed by atoms with E-state index in [2.05, 4.69) is 45.6 Å². The smallest absolute Gasteiger partial charge is 0.433 e. The van der Waals surface area contributed by atoms with E-state index in [0.717, 1.165) is 45.7 Å². The van der Waals surface area contributed by atoms with Gasteiger partial charge in [0.25, 0.3) is 0 Å². The Bertz CT molecular complexity index is 3950. The molecule has 470 valence electrons. The number of carbonyl (C=O) groups is 4. The molecule has 5 aromatic heterocycles. The molecule has 22 nitrogen and oxygen atoms in total. The number of alkyl halides is 5. The van der Waals surface area contributed by atoms with Gasteiger partial charge in [-0.3, -0.25) is 4.98 Å². The lowest BCUT2D eigenvalue weighted by Gasteiger charge is -2.13. The Labute approximate surface area is 518 Å². The van der Waals surface area contributed by atoms with Gasteiger partial charge in [-0.15, -0.1) is 0 Å². The molecule has 0 saturated carbocycles. The number of halogens is 14. The molecule has 0 aliphatic heterocycles. The number of ether oxygens (including phenoxy) is 5. The van der Waals surface area contributed by atoms with Crippen LogP contribution in [-0.4, -0.2) is 104 Å². The summed E-state index contributed by atoms with van der Waals surface area (Å²) >= 11 is 10.7. The van der Waals surface area contributed by atoms with Gasteiger partial charge < -0.3 is 67.0 Å². The summed E-state index contributed by atoms with van der Waals surface area (Å²) < 4.78 is 171. The molecule has 0 atom stereocenters. The standard InChI is InChI=1S/C14H10ClF3N2O4.C13H9BrF2N2O3.C13H9F4N3O3.C13H9F2IN2O3/c1-23-11-6(15)3-2-5(9(11)16)8-4-7(19)12(24-14(17)18)10(20-8)13(21)22;1-21-12-9(17)8(16)10(18-11(12)13(19)20)6-3-2-5(14)4-7(6)15;1-23-11-8(18)7(14)9(20-10(11)12(21)22)5-2-3-6(19-4-5)13(15,16)17;1-21-12-9(17)8(15)10(18-11(12)13(19)20)6-3-2-5(16)4-7(6)14/h2-4,14H,1H3,(H2,19,20)(H,21,22);2-4H,1H3,(H2,17,18)(H,19,20);2-4H,1H3,(H2,18,20)(H,21,22);2-4H,1H3,(H2,17,18)(H,19,20). The zero-order valence-electron chi connectivity index (χ0n) is 44.8. The summed E-state index contributed by atoms with van der Waals surface area (Å²) in [7, 11) is 4.56. The normalized spacial score (nSPS) is 10.8. The number of anilines is 4. The predicted octanol–water partition coefficient (Wildman–Crippen LogP) is 12.0. The quantitative estimate of drug-likeness (QED) is 0.0370. The minimum absolute atomic E-state index is 0.0113. The van der Waals surface area contributed by atoms with Gasteiger partial charge in [0, 0.05) is 36.5 Å². The largest absolute Gasteiger partial charge is 0.492 e. The van der Waals surface area contributed by atoms with E-state index < -0.39 is 163 Å². The summed E-state index contributed by atoms with van der Waals surface area (Å²) in [5.41, 5.74) is 13.6. The van der Waals surface area contributed by atoms with Crippen LogP contribution in [0.2, 0.25) is 5.02 Å². The van der Waals surface area contributed by atoms with E-state index >= 15 is 0 Å². The van der Waals surface area contributed by atoms with E-state index in [9.17, 15) is 67.5 Å². The molecule has 0 amide bonds. The molecule has 89 heavy (non-hydrogen) atoms. The Kier molecular flexibility index (Phi) is 23.0. The molecule has 8 rings (SSSR count). The number of aromatic carboxylic acids is 4. The number of nitrogen functional groups attached to an aromatic ring is 4. The van der Waals surface area contributed by atoms with Gasteiger partial charge in [0.1, 0.15) is 51.5 Å². The first-order valence-electron chi connectivity index (χ1n) is 23.4. The number of methoxy groups -OCH3 is 4. The van der Waals surface area contributed by atoms with Gasteiger partial charge in [0.05, 0.1) is 44.8 Å². The van der Waals surface area contributed by atoms with E-state index in [1.165, 1.54) is 43.5 Å². The second-order valence-corrected chi connectivity index (χ2v) is 19.3. The van der Waals surface area contributed by atoms with Crippen LogP contribution >= 0.6 is 50.1 Å². The van der Waals surface area contributed by atoms with Crippen molar-refractivity contribution < 1.29 is 112 Å². The minimum Gasteiger partial charge on any atom is -0.492 e. The Hall–Kier alpha value is -9.78. The molecular formula is C53H37BrClF11IN9O13. The number of hydrogen-bond donors (Lipinski definition) is 8. The number of carboxylic acids is 4. The molecule has 0 bridgehead atoms. The van der Waals surface area contributed by atoms with Gasteiger partial charge in [-0.1, -0.05) is 27.5 Å². The van der Waals surface area contributed by atoms with E-state index in [1.807, 2.05) is 22.6 Å². The van der Waals surface area contributed by atoms with Gasteiger partial charge in [-0.05, 0) is 89.3 Å². The molecule has 0 aliphatic carbocycles. The summed E-state index contributed by atoms with van der Waals surface area (Å²) in [6.07, 6.45) is -3.93. The minimum atomic E-state index is -4.66. The van der Waals surface area contributed by atoms with Gasteiger partial charge in [-0.25, -0.2) is 65.5 Å². The lowest BCUT2D eigenvalue weighted by Crippen LogP contribution is -2.12. The van der Waals surface area contributed by atoms with Crippen LogP contribution in [0, 0.1) is 38.5 Å². The Morgan fingerprint density at radius 1 is 0.551 bits per heavy atom. The first kappa shape index (κ1) is 70.0. The average molecular weight is 1460 g/mol. The lowest BCUT2D eigenvalue weighted by molar-refractivity contribution is -0.141. The number of nitrogens with two attached hydrogens (primary N) is 4. The van der Waals surface area contributed by atoms with Crippen LogP contribution in [0.4, 0.5) is 71.0 Å². The molecule has 12 N–H and O–H groups in total. The van der Waals surface area contributed by atoms with Gasteiger partial charge in [0.15, 0.2) is 74.8 Å². The van der Waals surface area contributed by atoms with Crippen LogP contribution in [0.1, 0.15) is 47.6 Å². The number of rotatable bonds is 14. The fraction of sp³-hybridized carbons (Fsp3) is 0.113. The summed E-state index contributed by atoms with van der Waals surface area (Å²) in [5.74, 6) is -14.1. The third-order valence-corrected chi connectivity index (χ3v) is 12.7. The summed E-state index contributed by atoms with van der Waals surface area (Å²) in [4.78, 5) is 62.3. The number of aromatic nitrogens is 5. The summed E-state index contributed by atoms with van der Waals surface area (Å²) in [6, 6.07) is 13.0. The van der Waals surface area contributed by atoms with E-state index in [-0.39, 0.29) is 38.7 Å². The van der Waals surface area contributed by atoms with Crippen LogP contribution in [0.25, 0.3) is 45.0 Å². The highest BCUT2D eigenvalue weighted by atomic mass is 127. The van der Waals surface area contributed by atoms with Crippen LogP contribution in [0.15, 0.2) is 77.4 Å². The molecule has 0 saturated heterocycles. The Balaban J connectivity index is 0.000000216. The highest BCUT2D eigenvalue weighted by Crippen LogP contribution is 2.41.